The third-order valence-corrected chi connectivity index (χ3v) is 2.68. The Morgan fingerprint density at radius 1 is 1.36 bits per heavy atom. The quantitative estimate of drug-likeness (QED) is 0.716. The van der Waals surface area contributed by atoms with E-state index >= 15 is 0 Å². The molecule has 0 aliphatic heterocycles. The van der Waals surface area contributed by atoms with Crippen LogP contribution in [0.4, 0.5) is 5.69 Å². The van der Waals surface area contributed by atoms with Crippen molar-refractivity contribution in [3.63, 3.8) is 0 Å². The van der Waals surface area contributed by atoms with Crippen molar-refractivity contribution in [3.8, 4) is 0 Å². The first kappa shape index (κ1) is 11.2. The van der Waals surface area contributed by atoms with Crippen LogP contribution in [0.1, 0.15) is 18.9 Å². The number of rotatable bonds is 4. The molecule has 0 spiro atoms. The van der Waals surface area contributed by atoms with E-state index in [1.807, 2.05) is 38.1 Å². The first-order valence-corrected chi connectivity index (χ1v) is 5.62. The van der Waals surface area contributed by atoms with Gasteiger partial charge in [0.15, 0.2) is 0 Å². The highest BCUT2D eigenvalue weighted by Gasteiger charge is 2.04. The van der Waals surface area contributed by atoms with Crippen LogP contribution in [0.25, 0.3) is 0 Å². The number of hydrogen-bond donors (Lipinski definition) is 0. The number of aryl methyl sites for hydroxylation is 1. The first-order valence-electron chi connectivity index (χ1n) is 4.58. The smallest absolute Gasteiger partial charge is 0.0482 e. The fraction of sp³-hybridized carbons (Fsp3) is 0.400. The molecule has 0 radical (unpaired) electrons. The van der Waals surface area contributed by atoms with Crippen molar-refractivity contribution < 1.29 is 8.76 Å². The summed E-state index contributed by atoms with van der Waals surface area (Å²) in [7, 11) is 0. The molecule has 78 valence electrons. The summed E-state index contributed by atoms with van der Waals surface area (Å²) in [6.45, 7) is 4.45. The lowest BCUT2D eigenvalue weighted by Gasteiger charge is -2.25. The van der Waals surface area contributed by atoms with Crippen LogP contribution in [0.3, 0.4) is 0 Å². The van der Waals surface area contributed by atoms with E-state index in [1.54, 1.807) is 0 Å². The zero-order chi connectivity index (χ0) is 10.6. The molecule has 0 bridgehead atoms. The van der Waals surface area contributed by atoms with Crippen molar-refractivity contribution in [3.05, 3.63) is 29.8 Å². The minimum Gasteiger partial charge on any atom is -0.755 e. The number of hydrogen-bond acceptors (Lipinski definition) is 2. The van der Waals surface area contributed by atoms with Crippen LogP contribution >= 0.6 is 0 Å². The molecule has 0 N–H and O–H groups in total. The van der Waals surface area contributed by atoms with E-state index in [4.69, 9.17) is 0 Å². The first-order chi connectivity index (χ1) is 6.65. The maximum absolute atomic E-state index is 10.9. The van der Waals surface area contributed by atoms with Gasteiger partial charge >= 0.3 is 0 Å². The summed E-state index contributed by atoms with van der Waals surface area (Å²) in [5, 5.41) is 0. The minimum atomic E-state index is -2.18. The monoisotopic (exact) mass is 212 g/mol. The minimum absolute atomic E-state index is 0.527. The zero-order valence-electron chi connectivity index (χ0n) is 8.40. The van der Waals surface area contributed by atoms with Crippen LogP contribution in [0, 0.1) is 6.92 Å². The van der Waals surface area contributed by atoms with Gasteiger partial charge in [0.05, 0.1) is 0 Å². The summed E-state index contributed by atoms with van der Waals surface area (Å²) in [6, 6.07) is 7.46. The van der Waals surface area contributed by atoms with Gasteiger partial charge in [0, 0.05) is 23.5 Å². The maximum Gasteiger partial charge on any atom is 0.0482 e. The van der Waals surface area contributed by atoms with E-state index in [-0.39, 0.29) is 0 Å². The fourth-order valence-electron chi connectivity index (χ4n) is 1.20. The summed E-state index contributed by atoms with van der Waals surface area (Å²) in [5.41, 5.74) is 1.85. The average Bonchev–Trinajstić information content (AvgIpc) is 2.15. The van der Waals surface area contributed by atoms with Crippen LogP contribution in [0.5, 0.6) is 0 Å². The van der Waals surface area contributed by atoms with Crippen molar-refractivity contribution >= 4 is 17.0 Å². The highest BCUT2D eigenvalue weighted by molar-refractivity contribution is 7.80. The zero-order valence-corrected chi connectivity index (χ0v) is 9.21. The molecule has 4 heteroatoms. The molecule has 0 amide bonds. The molecule has 1 atom stereocenters. The molecule has 1 unspecified atom stereocenters. The Labute approximate surface area is 87.2 Å². The molecule has 14 heavy (non-hydrogen) atoms. The predicted molar refractivity (Wildman–Crippen MR) is 57.7 cm³/mol. The van der Waals surface area contributed by atoms with Crippen LogP contribution < -0.4 is 4.31 Å². The molecule has 0 aliphatic rings. The van der Waals surface area contributed by atoms with Crippen molar-refractivity contribution in [2.45, 2.75) is 20.3 Å². The second-order valence-electron chi connectivity index (χ2n) is 3.15. The molecule has 3 nitrogen and oxygen atoms in total. The Hall–Kier alpha value is -0.870. The van der Waals surface area contributed by atoms with E-state index in [0.717, 1.165) is 17.7 Å². The molecule has 0 heterocycles. The van der Waals surface area contributed by atoms with Gasteiger partial charge in [-0.1, -0.05) is 24.6 Å². The number of benzene rings is 1. The topological polar surface area (TPSA) is 43.4 Å². The van der Waals surface area contributed by atoms with Gasteiger partial charge < -0.3 is 8.86 Å². The summed E-state index contributed by atoms with van der Waals surface area (Å²) >= 11 is -2.18. The van der Waals surface area contributed by atoms with E-state index in [1.165, 1.54) is 4.31 Å². The van der Waals surface area contributed by atoms with Gasteiger partial charge in [-0.2, -0.15) is 0 Å². The second-order valence-corrected chi connectivity index (χ2v) is 4.03. The highest BCUT2D eigenvalue weighted by Crippen LogP contribution is 2.16. The van der Waals surface area contributed by atoms with E-state index in [2.05, 4.69) is 0 Å². The molecule has 1 aromatic rings. The van der Waals surface area contributed by atoms with Crippen molar-refractivity contribution in [1.82, 2.24) is 0 Å². The lowest BCUT2D eigenvalue weighted by Crippen LogP contribution is -2.25. The van der Waals surface area contributed by atoms with Gasteiger partial charge in [-0.05, 0) is 25.5 Å². The molecular formula is C10H14NO2S-. The van der Waals surface area contributed by atoms with Gasteiger partial charge in [0.1, 0.15) is 0 Å². The van der Waals surface area contributed by atoms with E-state index in [9.17, 15) is 8.76 Å². The third kappa shape index (κ3) is 2.82. The number of nitrogens with zero attached hydrogens (tertiary/aromatic N) is 1. The van der Waals surface area contributed by atoms with Gasteiger partial charge in [-0.3, -0.25) is 4.21 Å². The Morgan fingerprint density at radius 2 is 1.93 bits per heavy atom. The molecular weight excluding hydrogens is 198 g/mol. The Balaban J connectivity index is 2.87. The highest BCUT2D eigenvalue weighted by atomic mass is 32.2. The van der Waals surface area contributed by atoms with Gasteiger partial charge in [0.2, 0.25) is 0 Å². The van der Waals surface area contributed by atoms with Crippen molar-refractivity contribution in [1.29, 1.82) is 0 Å². The van der Waals surface area contributed by atoms with Crippen LogP contribution in [-0.4, -0.2) is 15.3 Å². The second kappa shape index (κ2) is 5.12. The van der Waals surface area contributed by atoms with Gasteiger partial charge in [-0.15, -0.1) is 0 Å². The fourth-order valence-corrected chi connectivity index (χ4v) is 1.83. The lowest BCUT2D eigenvalue weighted by molar-refractivity contribution is 0.531. The molecule has 0 fully saturated rings. The summed E-state index contributed by atoms with van der Waals surface area (Å²) in [4.78, 5) is 0. The lowest BCUT2D eigenvalue weighted by atomic mass is 10.2. The number of anilines is 1. The largest absolute Gasteiger partial charge is 0.755 e. The van der Waals surface area contributed by atoms with E-state index < -0.39 is 11.3 Å². The van der Waals surface area contributed by atoms with Crippen molar-refractivity contribution in [2.24, 2.45) is 0 Å². The van der Waals surface area contributed by atoms with Crippen molar-refractivity contribution in [2.75, 3.05) is 10.8 Å². The van der Waals surface area contributed by atoms with Crippen LogP contribution in [0.2, 0.25) is 0 Å². The molecule has 1 aromatic carbocycles. The molecule has 0 aromatic heterocycles. The molecule has 0 saturated carbocycles. The summed E-state index contributed by atoms with van der Waals surface area (Å²) in [5.74, 6) is 0. The third-order valence-electron chi connectivity index (χ3n) is 1.93. The SMILES string of the molecule is CCCN(c1ccc(C)cc1)S(=O)[O-]. The Kier molecular flexibility index (Phi) is 4.10. The van der Waals surface area contributed by atoms with Gasteiger partial charge in [0.25, 0.3) is 0 Å². The predicted octanol–water partition coefficient (Wildman–Crippen LogP) is 2.01. The normalized spacial score (nSPS) is 12.5. The summed E-state index contributed by atoms with van der Waals surface area (Å²) < 4.78 is 23.2. The van der Waals surface area contributed by atoms with Crippen LogP contribution in [-0.2, 0) is 11.3 Å². The standard InChI is InChI=1S/C10H15NO2S/c1-3-8-11(14(12)13)10-6-4-9(2)5-7-10/h4-7H,3,8H2,1-2H3,(H,12,13)/p-1. The molecule has 0 aliphatic carbocycles. The maximum atomic E-state index is 10.9. The summed E-state index contributed by atoms with van der Waals surface area (Å²) in [6.07, 6.45) is 0.807. The Bertz CT molecular complexity index is 310. The van der Waals surface area contributed by atoms with Crippen LogP contribution in [0.15, 0.2) is 24.3 Å². The molecule has 0 saturated heterocycles. The molecule has 1 rings (SSSR count). The Morgan fingerprint density at radius 3 is 2.36 bits per heavy atom. The van der Waals surface area contributed by atoms with Gasteiger partial charge in [-0.25, -0.2) is 0 Å². The van der Waals surface area contributed by atoms with E-state index in [0.29, 0.717) is 6.54 Å². The average molecular weight is 212 g/mol.